The van der Waals surface area contributed by atoms with Crippen LogP contribution < -0.4 is 0 Å². The lowest BCUT2D eigenvalue weighted by Gasteiger charge is -2.51. The highest BCUT2D eigenvalue weighted by atomic mass is 16.6. The highest BCUT2D eigenvalue weighted by molar-refractivity contribution is 5.86. The minimum absolute atomic E-state index is 0.200. The number of ether oxygens (including phenoxy) is 1. The normalized spacial score (nSPS) is 18.2. The van der Waals surface area contributed by atoms with Crippen molar-refractivity contribution >= 4 is 22.9 Å². The summed E-state index contributed by atoms with van der Waals surface area (Å²) in [6.45, 7) is 9.64. The predicted octanol–water partition coefficient (Wildman–Crippen LogP) is 6.22. The van der Waals surface area contributed by atoms with E-state index in [4.69, 9.17) is 4.74 Å². The largest absolute Gasteiger partial charge is 0.444 e. The molecule has 0 bridgehead atoms. The van der Waals surface area contributed by atoms with Crippen LogP contribution in [0, 0.1) is 6.92 Å². The van der Waals surface area contributed by atoms with E-state index in [1.807, 2.05) is 20.8 Å². The number of carbonyl (C=O) groups is 2. The second-order valence-electron chi connectivity index (χ2n) is 11.3. The molecule has 2 amide bonds. The van der Waals surface area contributed by atoms with Crippen molar-refractivity contribution in [2.24, 2.45) is 0 Å². The Labute approximate surface area is 213 Å². The molecule has 0 atom stereocenters. The second-order valence-corrected chi connectivity index (χ2v) is 11.3. The van der Waals surface area contributed by atoms with Gasteiger partial charge in [0.2, 0.25) is 5.91 Å². The SMILES string of the molecule is Cc1ccccc1-n1ccc2c(CN3C(=O)CCCC34CCN(C(=O)OC(C)(C)C)CC4)cccc21. The molecule has 6 nitrogen and oxygen atoms in total. The smallest absolute Gasteiger partial charge is 0.410 e. The van der Waals surface area contributed by atoms with Gasteiger partial charge >= 0.3 is 6.09 Å². The van der Waals surface area contributed by atoms with E-state index in [1.54, 1.807) is 4.90 Å². The number of hydrogen-bond donors (Lipinski definition) is 0. The molecule has 2 aliphatic rings. The number of para-hydroxylation sites is 1. The number of hydrogen-bond acceptors (Lipinski definition) is 3. The Hall–Kier alpha value is -3.28. The summed E-state index contributed by atoms with van der Waals surface area (Å²) < 4.78 is 7.83. The summed E-state index contributed by atoms with van der Waals surface area (Å²) in [5, 5.41) is 1.18. The van der Waals surface area contributed by atoms with Crippen molar-refractivity contribution in [3.8, 4) is 5.69 Å². The monoisotopic (exact) mass is 487 g/mol. The molecular weight excluding hydrogens is 450 g/mol. The lowest BCUT2D eigenvalue weighted by Crippen LogP contribution is -2.59. The van der Waals surface area contributed by atoms with Gasteiger partial charge < -0.3 is 19.1 Å². The Morgan fingerprint density at radius 1 is 1.00 bits per heavy atom. The zero-order valence-corrected chi connectivity index (χ0v) is 21.9. The minimum atomic E-state index is -0.508. The van der Waals surface area contributed by atoms with Crippen molar-refractivity contribution in [3.05, 3.63) is 65.9 Å². The van der Waals surface area contributed by atoms with Crippen molar-refractivity contribution in [3.63, 3.8) is 0 Å². The molecule has 2 aromatic carbocycles. The molecule has 5 rings (SSSR count). The van der Waals surface area contributed by atoms with Crippen molar-refractivity contribution in [2.45, 2.75) is 77.5 Å². The van der Waals surface area contributed by atoms with Crippen LogP contribution >= 0.6 is 0 Å². The molecule has 190 valence electrons. The highest BCUT2D eigenvalue weighted by Gasteiger charge is 2.45. The number of likely N-dealkylation sites (tertiary alicyclic amines) is 2. The van der Waals surface area contributed by atoms with Crippen LogP contribution in [0.15, 0.2) is 54.7 Å². The number of carbonyl (C=O) groups excluding carboxylic acids is 2. The molecule has 0 saturated carbocycles. The molecule has 6 heteroatoms. The Kier molecular flexibility index (Phi) is 6.31. The topological polar surface area (TPSA) is 54.8 Å². The third kappa shape index (κ3) is 4.61. The Morgan fingerprint density at radius 2 is 1.75 bits per heavy atom. The number of rotatable bonds is 3. The molecule has 3 aromatic rings. The summed E-state index contributed by atoms with van der Waals surface area (Å²) in [5.41, 5.74) is 4.01. The molecule has 0 N–H and O–H groups in total. The fourth-order valence-corrected chi connectivity index (χ4v) is 5.89. The van der Waals surface area contributed by atoms with Crippen LogP contribution in [0.3, 0.4) is 0 Å². The highest BCUT2D eigenvalue weighted by Crippen LogP contribution is 2.40. The second kappa shape index (κ2) is 9.30. The molecule has 0 aliphatic carbocycles. The molecule has 2 fully saturated rings. The molecular formula is C30H37N3O3. The molecule has 2 aliphatic heterocycles. The summed E-state index contributed by atoms with van der Waals surface area (Å²) in [5.74, 6) is 0.224. The van der Waals surface area contributed by atoms with Gasteiger partial charge in [0.05, 0.1) is 5.52 Å². The van der Waals surface area contributed by atoms with Gasteiger partial charge in [-0.15, -0.1) is 0 Å². The minimum Gasteiger partial charge on any atom is -0.444 e. The number of aryl methyl sites for hydroxylation is 1. The number of amides is 2. The molecule has 0 radical (unpaired) electrons. The van der Waals surface area contributed by atoms with Gasteiger partial charge in [-0.05, 0) is 82.7 Å². The van der Waals surface area contributed by atoms with Crippen molar-refractivity contribution < 1.29 is 14.3 Å². The quantitative estimate of drug-likeness (QED) is 0.441. The summed E-state index contributed by atoms with van der Waals surface area (Å²) in [6.07, 6.45) is 5.95. The molecule has 2 saturated heterocycles. The predicted molar refractivity (Wildman–Crippen MR) is 142 cm³/mol. The molecule has 1 aromatic heterocycles. The van der Waals surface area contributed by atoms with Crippen LogP contribution in [0.2, 0.25) is 0 Å². The fourth-order valence-electron chi connectivity index (χ4n) is 5.89. The number of nitrogens with zero attached hydrogens (tertiary/aromatic N) is 3. The molecule has 36 heavy (non-hydrogen) atoms. The van der Waals surface area contributed by atoms with E-state index in [1.165, 1.54) is 22.2 Å². The van der Waals surface area contributed by atoms with Crippen molar-refractivity contribution in [1.82, 2.24) is 14.4 Å². The van der Waals surface area contributed by atoms with Crippen LogP contribution in [0.25, 0.3) is 16.6 Å². The van der Waals surface area contributed by atoms with Gasteiger partial charge in [0, 0.05) is 48.9 Å². The standard InChI is InChI=1S/C30H37N3O3/c1-22-9-5-6-11-25(22)32-18-14-24-23(10-7-12-26(24)32)21-33-27(34)13-8-15-30(33)16-19-31(20-17-30)28(35)36-29(2,3)4/h5-7,9-12,14,18H,8,13,15-17,19-21H2,1-4H3. The maximum Gasteiger partial charge on any atom is 0.410 e. The zero-order chi connectivity index (χ0) is 25.5. The Morgan fingerprint density at radius 3 is 2.47 bits per heavy atom. The summed E-state index contributed by atoms with van der Waals surface area (Å²) in [6, 6.07) is 17.0. The molecule has 0 unspecified atom stereocenters. The van der Waals surface area contributed by atoms with E-state index in [0.29, 0.717) is 26.1 Å². The molecule has 1 spiro atoms. The van der Waals surface area contributed by atoms with Crippen molar-refractivity contribution in [1.29, 1.82) is 0 Å². The lowest BCUT2D eigenvalue weighted by molar-refractivity contribution is -0.146. The van der Waals surface area contributed by atoms with Gasteiger partial charge in [0.25, 0.3) is 0 Å². The van der Waals surface area contributed by atoms with Crippen LogP contribution in [-0.2, 0) is 16.1 Å². The van der Waals surface area contributed by atoms with E-state index in [-0.39, 0.29) is 17.5 Å². The van der Waals surface area contributed by atoms with Gasteiger partial charge in [-0.25, -0.2) is 4.79 Å². The van der Waals surface area contributed by atoms with Gasteiger partial charge in [-0.2, -0.15) is 0 Å². The number of piperidine rings is 2. The Balaban J connectivity index is 1.40. The molecule has 3 heterocycles. The zero-order valence-electron chi connectivity index (χ0n) is 21.9. The van der Waals surface area contributed by atoms with Crippen LogP contribution in [0.5, 0.6) is 0 Å². The third-order valence-corrected chi connectivity index (χ3v) is 7.78. The first-order valence-electron chi connectivity index (χ1n) is 13.1. The first-order chi connectivity index (χ1) is 17.2. The van der Waals surface area contributed by atoms with E-state index in [9.17, 15) is 9.59 Å². The van der Waals surface area contributed by atoms with E-state index in [0.717, 1.165) is 31.2 Å². The number of fused-ring (bicyclic) bond motifs is 1. The van der Waals surface area contributed by atoms with Gasteiger partial charge in [0.15, 0.2) is 0 Å². The van der Waals surface area contributed by atoms with Gasteiger partial charge in [0.1, 0.15) is 5.60 Å². The van der Waals surface area contributed by atoms with Gasteiger partial charge in [-0.3, -0.25) is 4.79 Å². The van der Waals surface area contributed by atoms with E-state index < -0.39 is 5.60 Å². The summed E-state index contributed by atoms with van der Waals surface area (Å²) in [4.78, 5) is 29.9. The lowest BCUT2D eigenvalue weighted by atomic mass is 9.78. The number of benzene rings is 2. The Bertz CT molecular complexity index is 1280. The first-order valence-corrected chi connectivity index (χ1v) is 13.1. The summed E-state index contributed by atoms with van der Waals surface area (Å²) >= 11 is 0. The van der Waals surface area contributed by atoms with Crippen LogP contribution in [0.1, 0.15) is 64.0 Å². The fraction of sp³-hybridized carbons (Fsp3) is 0.467. The van der Waals surface area contributed by atoms with Crippen LogP contribution in [-0.4, -0.2) is 50.6 Å². The third-order valence-electron chi connectivity index (χ3n) is 7.78. The maximum absolute atomic E-state index is 13.3. The maximum atomic E-state index is 13.3. The van der Waals surface area contributed by atoms with Gasteiger partial charge in [-0.1, -0.05) is 30.3 Å². The van der Waals surface area contributed by atoms with Crippen molar-refractivity contribution in [2.75, 3.05) is 13.1 Å². The number of aromatic nitrogens is 1. The first kappa shape index (κ1) is 24.4. The average molecular weight is 488 g/mol. The van der Waals surface area contributed by atoms with E-state index in [2.05, 4.69) is 71.1 Å². The van der Waals surface area contributed by atoms with E-state index >= 15 is 0 Å². The average Bonchev–Trinajstić information content (AvgIpc) is 3.26. The summed E-state index contributed by atoms with van der Waals surface area (Å²) in [7, 11) is 0. The van der Waals surface area contributed by atoms with Crippen LogP contribution in [0.4, 0.5) is 4.79 Å².